The van der Waals surface area contributed by atoms with E-state index in [2.05, 4.69) is 10.3 Å². The molecular formula is C23H24F5N3O5. The molecular weight excluding hydrogens is 493 g/mol. The first-order valence-electron chi connectivity index (χ1n) is 10.8. The van der Waals surface area contributed by atoms with Crippen LogP contribution in [-0.2, 0) is 9.53 Å². The van der Waals surface area contributed by atoms with Crippen molar-refractivity contribution in [2.45, 2.75) is 50.7 Å². The molecule has 2 heterocycles. The summed E-state index contributed by atoms with van der Waals surface area (Å²) in [5.74, 6) is -8.42. The van der Waals surface area contributed by atoms with E-state index in [0.29, 0.717) is 6.07 Å². The third-order valence-corrected chi connectivity index (χ3v) is 6.12. The number of aliphatic hydroxyl groups is 1. The second-order valence-corrected chi connectivity index (χ2v) is 8.68. The molecule has 0 spiro atoms. The molecule has 1 saturated heterocycles. The van der Waals surface area contributed by atoms with Crippen LogP contribution in [0.5, 0.6) is 5.75 Å². The predicted molar refractivity (Wildman–Crippen MR) is 116 cm³/mol. The van der Waals surface area contributed by atoms with E-state index >= 15 is 0 Å². The average molecular weight is 517 g/mol. The van der Waals surface area contributed by atoms with Crippen LogP contribution in [-0.4, -0.2) is 52.5 Å². The zero-order chi connectivity index (χ0) is 27.0. The van der Waals surface area contributed by atoms with Gasteiger partial charge in [0.25, 0.3) is 11.8 Å². The number of pyridine rings is 1. The topological polar surface area (TPSA) is 124 Å². The van der Waals surface area contributed by atoms with E-state index in [-0.39, 0.29) is 16.9 Å². The Hall–Kier alpha value is -3.32. The highest BCUT2D eigenvalue weighted by atomic mass is 19.4. The first kappa shape index (κ1) is 27.3. The zero-order valence-electron chi connectivity index (χ0n) is 19.4. The van der Waals surface area contributed by atoms with E-state index in [1.54, 1.807) is 0 Å². The number of nitrogens with zero attached hydrogens (tertiary/aromatic N) is 1. The van der Waals surface area contributed by atoms with Crippen molar-refractivity contribution in [3.8, 4) is 5.75 Å². The van der Waals surface area contributed by atoms with E-state index in [4.69, 9.17) is 15.2 Å². The van der Waals surface area contributed by atoms with E-state index in [9.17, 15) is 36.6 Å². The van der Waals surface area contributed by atoms with Crippen molar-refractivity contribution in [2.75, 3.05) is 11.9 Å². The minimum Gasteiger partial charge on any atom is -0.487 e. The summed E-state index contributed by atoms with van der Waals surface area (Å²) < 4.78 is 81.5. The minimum absolute atomic E-state index is 0.00437. The van der Waals surface area contributed by atoms with Crippen LogP contribution in [0.25, 0.3) is 0 Å². The number of carbonyl (C=O) groups excluding carboxylic acids is 2. The molecule has 13 heteroatoms. The molecule has 1 aromatic heterocycles. The third kappa shape index (κ3) is 5.12. The lowest BCUT2D eigenvalue weighted by Gasteiger charge is -2.32. The Morgan fingerprint density at radius 2 is 1.97 bits per heavy atom. The van der Waals surface area contributed by atoms with Gasteiger partial charge in [-0.2, -0.15) is 17.6 Å². The van der Waals surface area contributed by atoms with E-state index in [1.807, 2.05) is 0 Å². The van der Waals surface area contributed by atoms with Crippen LogP contribution in [0.2, 0.25) is 0 Å². The molecule has 0 radical (unpaired) electrons. The Labute approximate surface area is 202 Å². The number of hydrogen-bond acceptors (Lipinski definition) is 6. The summed E-state index contributed by atoms with van der Waals surface area (Å²) in [7, 11) is 0. The molecule has 2 amide bonds. The van der Waals surface area contributed by atoms with Crippen molar-refractivity contribution in [1.29, 1.82) is 0 Å². The normalized spacial score (nSPS) is 24.9. The number of alkyl halides is 3. The second kappa shape index (κ2) is 9.97. The van der Waals surface area contributed by atoms with Gasteiger partial charge in [0.2, 0.25) is 5.82 Å². The molecule has 196 valence electrons. The molecule has 3 rings (SSSR count). The number of amides is 2. The number of carbonyl (C=O) groups is 2. The Morgan fingerprint density at radius 3 is 2.56 bits per heavy atom. The molecule has 1 aliphatic rings. The van der Waals surface area contributed by atoms with Gasteiger partial charge < -0.3 is 25.6 Å². The lowest BCUT2D eigenvalue weighted by molar-refractivity contribution is -0.272. The number of benzene rings is 1. The summed E-state index contributed by atoms with van der Waals surface area (Å²) in [6, 6.07) is 4.11. The highest BCUT2D eigenvalue weighted by Crippen LogP contribution is 2.55. The maximum atomic E-state index is 14.7. The largest absolute Gasteiger partial charge is 0.487 e. The van der Waals surface area contributed by atoms with Gasteiger partial charge in [-0.3, -0.25) is 14.6 Å². The summed E-state index contributed by atoms with van der Waals surface area (Å²) in [6.45, 7) is 2.74. The van der Waals surface area contributed by atoms with Crippen molar-refractivity contribution in [2.24, 2.45) is 11.7 Å². The molecule has 2 aromatic rings. The molecule has 1 fully saturated rings. The van der Waals surface area contributed by atoms with Crippen molar-refractivity contribution >= 4 is 17.5 Å². The number of halogens is 5. The van der Waals surface area contributed by atoms with Crippen LogP contribution in [0.4, 0.5) is 27.6 Å². The Morgan fingerprint density at radius 1 is 1.31 bits per heavy atom. The van der Waals surface area contributed by atoms with Crippen LogP contribution < -0.4 is 15.8 Å². The van der Waals surface area contributed by atoms with Crippen molar-refractivity contribution in [3.05, 3.63) is 53.4 Å². The number of aromatic nitrogens is 1. The first-order valence-corrected chi connectivity index (χ1v) is 10.8. The van der Waals surface area contributed by atoms with E-state index in [1.165, 1.54) is 19.9 Å². The third-order valence-electron chi connectivity index (χ3n) is 6.12. The molecule has 36 heavy (non-hydrogen) atoms. The fraction of sp³-hybridized carbons (Fsp3) is 0.435. The molecule has 5 atom stereocenters. The number of rotatable bonds is 7. The van der Waals surface area contributed by atoms with E-state index < -0.39 is 71.6 Å². The lowest BCUT2D eigenvalue weighted by Crippen LogP contribution is -2.47. The van der Waals surface area contributed by atoms with E-state index in [0.717, 1.165) is 25.3 Å². The molecule has 4 N–H and O–H groups in total. The lowest BCUT2D eigenvalue weighted by atomic mass is 9.77. The summed E-state index contributed by atoms with van der Waals surface area (Å²) >= 11 is 0. The number of anilines is 1. The maximum Gasteiger partial charge on any atom is 0.417 e. The molecule has 1 aliphatic heterocycles. The Balaban J connectivity index is 2.09. The van der Waals surface area contributed by atoms with Gasteiger partial charge in [0.15, 0.2) is 17.2 Å². The zero-order valence-corrected chi connectivity index (χ0v) is 19.4. The maximum absolute atomic E-state index is 14.7. The Bertz CT molecular complexity index is 1160. The molecule has 1 aromatic carbocycles. The molecule has 0 saturated carbocycles. The summed E-state index contributed by atoms with van der Waals surface area (Å²) in [6.07, 6.45) is -6.73. The fourth-order valence-electron chi connectivity index (χ4n) is 4.04. The highest BCUT2D eigenvalue weighted by molar-refractivity contribution is 5.97. The number of aliphatic hydroxyl groups excluding tert-OH is 1. The van der Waals surface area contributed by atoms with Gasteiger partial charge in [-0.05, 0) is 32.0 Å². The van der Waals surface area contributed by atoms with Crippen molar-refractivity contribution < 1.29 is 46.1 Å². The second-order valence-electron chi connectivity index (χ2n) is 8.68. The minimum atomic E-state index is -4.94. The van der Waals surface area contributed by atoms with Gasteiger partial charge in [0.05, 0.1) is 6.10 Å². The van der Waals surface area contributed by atoms with Gasteiger partial charge in [0, 0.05) is 29.3 Å². The number of nitrogens with one attached hydrogen (secondary N) is 1. The van der Waals surface area contributed by atoms with Gasteiger partial charge in [-0.25, -0.2) is 4.39 Å². The van der Waals surface area contributed by atoms with Crippen LogP contribution in [0.1, 0.15) is 42.7 Å². The van der Waals surface area contributed by atoms with Gasteiger partial charge in [-0.15, -0.1) is 0 Å². The van der Waals surface area contributed by atoms with Crippen LogP contribution in [0.15, 0.2) is 30.5 Å². The SMILES string of the molecule is C[C@H](O)COc1c([C@H]2[C@H](C(=O)Nc3ccnc(C(N)=O)c3)O[C@@](C)(C(F)(F)F)[C@H]2C)ccc(F)c1F. The quantitative estimate of drug-likeness (QED) is 0.485. The molecule has 0 bridgehead atoms. The average Bonchev–Trinajstić information content (AvgIpc) is 3.06. The monoisotopic (exact) mass is 517 g/mol. The van der Waals surface area contributed by atoms with Crippen LogP contribution in [0, 0.1) is 17.6 Å². The number of primary amides is 1. The smallest absolute Gasteiger partial charge is 0.417 e. The standard InChI is InChI=1S/C23H24F5N3O5/c1-10(32)9-35-18-13(4-5-14(24)17(18)25)16-11(2)22(3,23(26,27)28)36-19(16)21(34)31-12-6-7-30-15(8-12)20(29)33/h4-8,10-11,16,19,32H,9H2,1-3H3,(H2,29,33)(H,30,31,34)/t10-,11-,16-,19+,22+/m0/s1. The number of nitrogens with two attached hydrogens (primary N) is 1. The van der Waals surface area contributed by atoms with Crippen LogP contribution in [0.3, 0.4) is 0 Å². The Kier molecular flexibility index (Phi) is 7.55. The number of ether oxygens (including phenoxy) is 2. The molecule has 0 unspecified atom stereocenters. The highest BCUT2D eigenvalue weighted by Gasteiger charge is 2.66. The van der Waals surface area contributed by atoms with Gasteiger partial charge in [0.1, 0.15) is 18.4 Å². The van der Waals surface area contributed by atoms with Gasteiger partial charge in [-0.1, -0.05) is 13.0 Å². The first-order chi connectivity index (χ1) is 16.7. The van der Waals surface area contributed by atoms with Gasteiger partial charge >= 0.3 is 6.18 Å². The van der Waals surface area contributed by atoms with Crippen molar-refractivity contribution in [1.82, 2.24) is 4.98 Å². The summed E-state index contributed by atoms with van der Waals surface area (Å²) in [4.78, 5) is 28.3. The molecule has 0 aliphatic carbocycles. The fourth-order valence-corrected chi connectivity index (χ4v) is 4.04. The summed E-state index contributed by atoms with van der Waals surface area (Å²) in [5, 5.41) is 11.9. The molecule has 8 nitrogen and oxygen atoms in total. The van der Waals surface area contributed by atoms with Crippen molar-refractivity contribution in [3.63, 3.8) is 0 Å². The number of hydrogen-bond donors (Lipinski definition) is 3. The predicted octanol–water partition coefficient (Wildman–Crippen LogP) is 3.30. The summed E-state index contributed by atoms with van der Waals surface area (Å²) in [5.41, 5.74) is 1.86. The van der Waals surface area contributed by atoms with Crippen LogP contribution >= 0.6 is 0 Å².